The molecule has 1 aliphatic carbocycles. The highest BCUT2D eigenvalue weighted by molar-refractivity contribution is 4.86. The number of nitrogens with one attached hydrogen (secondary N) is 1. The highest BCUT2D eigenvalue weighted by atomic mass is 15.2. The lowest BCUT2D eigenvalue weighted by Crippen LogP contribution is -2.50. The fraction of sp³-hybridized carbons (Fsp3) is 1.00. The van der Waals surface area contributed by atoms with E-state index in [1.165, 1.54) is 51.7 Å². The summed E-state index contributed by atoms with van der Waals surface area (Å²) in [6.07, 6.45) is 6.91. The van der Waals surface area contributed by atoms with Crippen molar-refractivity contribution in [3.05, 3.63) is 0 Å². The van der Waals surface area contributed by atoms with E-state index in [2.05, 4.69) is 43.2 Å². The van der Waals surface area contributed by atoms with E-state index in [1.807, 2.05) is 0 Å². The Morgan fingerprint density at radius 2 is 2.05 bits per heavy atom. The van der Waals surface area contributed by atoms with E-state index in [4.69, 9.17) is 0 Å². The van der Waals surface area contributed by atoms with Crippen LogP contribution < -0.4 is 5.32 Å². The second-order valence-electron chi connectivity index (χ2n) is 7.07. The third-order valence-electron chi connectivity index (χ3n) is 5.36. The van der Waals surface area contributed by atoms with E-state index >= 15 is 0 Å². The summed E-state index contributed by atoms with van der Waals surface area (Å²) in [5.41, 5.74) is 0. The van der Waals surface area contributed by atoms with Crippen LogP contribution in [0.15, 0.2) is 0 Å². The monoisotopic (exact) mass is 267 g/mol. The highest BCUT2D eigenvalue weighted by Crippen LogP contribution is 2.30. The van der Waals surface area contributed by atoms with Crippen LogP contribution in [-0.2, 0) is 0 Å². The predicted octanol–water partition coefficient (Wildman–Crippen LogP) is 2.04. The summed E-state index contributed by atoms with van der Waals surface area (Å²) < 4.78 is 0. The molecule has 0 aromatic rings. The van der Waals surface area contributed by atoms with Crippen molar-refractivity contribution < 1.29 is 0 Å². The first kappa shape index (κ1) is 15.3. The van der Waals surface area contributed by atoms with Crippen molar-refractivity contribution in [3.8, 4) is 0 Å². The standard InChI is InChI=1S/C16H33N3/c1-13-7-8-16(17-2)14(10-13)11-19(4)15-6-5-9-18(3)12-15/h13-17H,5-12H2,1-4H3. The van der Waals surface area contributed by atoms with Crippen molar-refractivity contribution in [2.45, 2.75) is 51.1 Å². The van der Waals surface area contributed by atoms with Gasteiger partial charge in [-0.2, -0.15) is 0 Å². The summed E-state index contributed by atoms with van der Waals surface area (Å²) in [7, 11) is 6.75. The molecule has 1 heterocycles. The second-order valence-corrected chi connectivity index (χ2v) is 7.07. The molecule has 4 unspecified atom stereocenters. The van der Waals surface area contributed by atoms with Crippen LogP contribution in [0, 0.1) is 11.8 Å². The molecule has 1 saturated carbocycles. The SMILES string of the molecule is CNC1CCC(C)CC1CN(C)C1CCCN(C)C1. The van der Waals surface area contributed by atoms with Gasteiger partial charge in [0, 0.05) is 25.2 Å². The number of nitrogens with zero attached hydrogens (tertiary/aromatic N) is 2. The smallest absolute Gasteiger partial charge is 0.0220 e. The van der Waals surface area contributed by atoms with Gasteiger partial charge in [0.1, 0.15) is 0 Å². The maximum atomic E-state index is 3.55. The molecule has 0 amide bonds. The number of hydrogen-bond donors (Lipinski definition) is 1. The summed E-state index contributed by atoms with van der Waals surface area (Å²) in [6, 6.07) is 1.51. The zero-order valence-corrected chi connectivity index (χ0v) is 13.4. The quantitative estimate of drug-likeness (QED) is 0.841. The summed E-state index contributed by atoms with van der Waals surface area (Å²) in [5.74, 6) is 1.75. The Labute approximate surface area is 119 Å². The maximum absolute atomic E-state index is 3.55. The van der Waals surface area contributed by atoms with E-state index in [1.54, 1.807) is 0 Å². The number of rotatable bonds is 4. The Balaban J connectivity index is 1.87. The van der Waals surface area contributed by atoms with Crippen molar-refractivity contribution >= 4 is 0 Å². The molecular weight excluding hydrogens is 234 g/mol. The first-order valence-corrected chi connectivity index (χ1v) is 8.16. The molecule has 2 aliphatic rings. The van der Waals surface area contributed by atoms with Crippen LogP contribution in [-0.4, -0.2) is 62.7 Å². The minimum atomic E-state index is 0.736. The zero-order valence-electron chi connectivity index (χ0n) is 13.4. The summed E-state index contributed by atoms with van der Waals surface area (Å²) >= 11 is 0. The van der Waals surface area contributed by atoms with Gasteiger partial charge in [-0.25, -0.2) is 0 Å². The minimum Gasteiger partial charge on any atom is -0.317 e. The highest BCUT2D eigenvalue weighted by Gasteiger charge is 2.30. The number of hydrogen-bond acceptors (Lipinski definition) is 3. The first-order chi connectivity index (χ1) is 9.10. The van der Waals surface area contributed by atoms with Crippen LogP contribution in [0.3, 0.4) is 0 Å². The van der Waals surface area contributed by atoms with Gasteiger partial charge in [-0.1, -0.05) is 6.92 Å². The fourth-order valence-electron chi connectivity index (χ4n) is 4.10. The number of likely N-dealkylation sites (tertiary alicyclic amines) is 1. The third kappa shape index (κ3) is 4.17. The van der Waals surface area contributed by atoms with Crippen LogP contribution in [0.1, 0.15) is 39.0 Å². The van der Waals surface area contributed by atoms with Crippen molar-refractivity contribution in [1.29, 1.82) is 0 Å². The lowest BCUT2D eigenvalue weighted by atomic mass is 9.78. The molecular formula is C16H33N3. The van der Waals surface area contributed by atoms with Crippen LogP contribution in [0.5, 0.6) is 0 Å². The summed E-state index contributed by atoms with van der Waals surface area (Å²) in [4.78, 5) is 5.13. The number of piperidine rings is 1. The van der Waals surface area contributed by atoms with Gasteiger partial charge in [0.25, 0.3) is 0 Å². The van der Waals surface area contributed by atoms with Gasteiger partial charge in [0.15, 0.2) is 0 Å². The fourth-order valence-corrected chi connectivity index (χ4v) is 4.10. The Hall–Kier alpha value is -0.120. The molecule has 0 bridgehead atoms. The molecule has 19 heavy (non-hydrogen) atoms. The molecule has 2 fully saturated rings. The third-order valence-corrected chi connectivity index (χ3v) is 5.36. The molecule has 1 saturated heterocycles. The first-order valence-electron chi connectivity index (χ1n) is 8.16. The minimum absolute atomic E-state index is 0.736. The molecule has 0 radical (unpaired) electrons. The molecule has 0 aromatic carbocycles. The Morgan fingerprint density at radius 3 is 2.74 bits per heavy atom. The van der Waals surface area contributed by atoms with Gasteiger partial charge in [-0.05, 0) is 71.6 Å². The second kappa shape index (κ2) is 7.05. The van der Waals surface area contributed by atoms with Gasteiger partial charge in [-0.15, -0.1) is 0 Å². The molecule has 4 atom stereocenters. The molecule has 3 nitrogen and oxygen atoms in total. The van der Waals surface area contributed by atoms with Gasteiger partial charge in [0.05, 0.1) is 0 Å². The van der Waals surface area contributed by atoms with Crippen molar-refractivity contribution in [1.82, 2.24) is 15.1 Å². The molecule has 0 aromatic heterocycles. The summed E-state index contributed by atoms with van der Waals surface area (Å²) in [5, 5.41) is 3.55. The lowest BCUT2D eigenvalue weighted by Gasteiger charge is -2.41. The molecule has 0 spiro atoms. The van der Waals surface area contributed by atoms with Crippen molar-refractivity contribution in [2.75, 3.05) is 40.8 Å². The van der Waals surface area contributed by atoms with Gasteiger partial charge in [-0.3, -0.25) is 0 Å². The molecule has 1 N–H and O–H groups in total. The Bertz CT molecular complexity index is 269. The largest absolute Gasteiger partial charge is 0.317 e. The topological polar surface area (TPSA) is 18.5 Å². The van der Waals surface area contributed by atoms with Gasteiger partial charge < -0.3 is 15.1 Å². The summed E-state index contributed by atoms with van der Waals surface area (Å²) in [6.45, 7) is 6.23. The molecule has 3 heteroatoms. The normalized spacial score (nSPS) is 37.7. The number of likely N-dealkylation sites (N-methyl/N-ethyl adjacent to an activating group) is 2. The van der Waals surface area contributed by atoms with Gasteiger partial charge in [0.2, 0.25) is 0 Å². The van der Waals surface area contributed by atoms with Crippen LogP contribution in [0.4, 0.5) is 0 Å². The van der Waals surface area contributed by atoms with Crippen LogP contribution in [0.2, 0.25) is 0 Å². The average molecular weight is 267 g/mol. The Morgan fingerprint density at radius 1 is 1.26 bits per heavy atom. The van der Waals surface area contributed by atoms with Crippen LogP contribution >= 0.6 is 0 Å². The van der Waals surface area contributed by atoms with Crippen molar-refractivity contribution in [2.24, 2.45) is 11.8 Å². The van der Waals surface area contributed by atoms with E-state index in [-0.39, 0.29) is 0 Å². The lowest BCUT2D eigenvalue weighted by molar-refractivity contribution is 0.0943. The van der Waals surface area contributed by atoms with E-state index in [9.17, 15) is 0 Å². The predicted molar refractivity (Wildman–Crippen MR) is 82.5 cm³/mol. The molecule has 2 rings (SSSR count). The average Bonchev–Trinajstić information content (AvgIpc) is 2.39. The Kier molecular flexibility index (Phi) is 5.67. The van der Waals surface area contributed by atoms with E-state index in [0.717, 1.165) is 23.9 Å². The van der Waals surface area contributed by atoms with Crippen LogP contribution in [0.25, 0.3) is 0 Å². The molecule has 1 aliphatic heterocycles. The maximum Gasteiger partial charge on any atom is 0.0220 e. The van der Waals surface area contributed by atoms with Gasteiger partial charge >= 0.3 is 0 Å². The van der Waals surface area contributed by atoms with E-state index < -0.39 is 0 Å². The van der Waals surface area contributed by atoms with Crippen molar-refractivity contribution in [3.63, 3.8) is 0 Å². The van der Waals surface area contributed by atoms with E-state index in [0.29, 0.717) is 0 Å². The molecule has 112 valence electrons. The zero-order chi connectivity index (χ0) is 13.8.